The number of nitrogen functional groups attached to an aromatic ring is 1. The molecule has 3 rings (SSSR count). The number of halogens is 2. The van der Waals surface area contributed by atoms with E-state index in [2.05, 4.69) is 15.0 Å². The molecule has 0 saturated carbocycles. The van der Waals surface area contributed by atoms with E-state index in [1.807, 2.05) is 6.07 Å². The smallest absolute Gasteiger partial charge is 0.227 e. The standard InChI is InChI=1S/C13H8ClFN4/c14-12-17-11(18-13(16)19-12)9-5-6-10(15)8-4-2-1-3-7(8)9/h1-6H,(H2,16,17,18,19). The number of nitrogens with two attached hydrogens (primary N) is 1. The topological polar surface area (TPSA) is 64.7 Å². The molecule has 19 heavy (non-hydrogen) atoms. The summed E-state index contributed by atoms with van der Waals surface area (Å²) in [5, 5.41) is 1.20. The molecule has 0 fully saturated rings. The van der Waals surface area contributed by atoms with Crippen molar-refractivity contribution in [2.24, 2.45) is 0 Å². The van der Waals surface area contributed by atoms with E-state index in [1.54, 1.807) is 24.3 Å². The first-order valence-corrected chi connectivity index (χ1v) is 5.87. The maximum absolute atomic E-state index is 13.7. The van der Waals surface area contributed by atoms with Gasteiger partial charge in [0.25, 0.3) is 0 Å². The molecule has 0 aliphatic rings. The molecule has 1 aromatic heterocycles. The number of hydrogen-bond donors (Lipinski definition) is 1. The molecule has 4 nitrogen and oxygen atoms in total. The van der Waals surface area contributed by atoms with E-state index in [0.717, 1.165) is 0 Å². The van der Waals surface area contributed by atoms with Gasteiger partial charge in [-0.15, -0.1) is 0 Å². The molecule has 6 heteroatoms. The maximum Gasteiger partial charge on any atom is 0.227 e. The van der Waals surface area contributed by atoms with Crippen molar-refractivity contribution in [1.29, 1.82) is 0 Å². The molecule has 0 spiro atoms. The fourth-order valence-corrected chi connectivity index (χ4v) is 2.11. The monoisotopic (exact) mass is 274 g/mol. The van der Waals surface area contributed by atoms with Gasteiger partial charge in [0.05, 0.1) is 0 Å². The minimum atomic E-state index is -0.299. The number of aromatic nitrogens is 3. The number of fused-ring (bicyclic) bond motifs is 1. The highest BCUT2D eigenvalue weighted by Crippen LogP contribution is 2.28. The van der Waals surface area contributed by atoms with Crippen molar-refractivity contribution in [2.45, 2.75) is 0 Å². The molecule has 1 heterocycles. The summed E-state index contributed by atoms with van der Waals surface area (Å²) in [6, 6.07) is 10.0. The molecular formula is C13H8ClFN4. The van der Waals surface area contributed by atoms with Gasteiger partial charge in [-0.1, -0.05) is 24.3 Å². The van der Waals surface area contributed by atoms with Gasteiger partial charge in [-0.05, 0) is 29.1 Å². The largest absolute Gasteiger partial charge is 0.368 e. The molecule has 0 bridgehead atoms. The minimum absolute atomic E-state index is 0.0101. The highest BCUT2D eigenvalue weighted by molar-refractivity contribution is 6.28. The molecule has 0 unspecified atom stereocenters. The quantitative estimate of drug-likeness (QED) is 0.741. The Morgan fingerprint density at radius 3 is 2.42 bits per heavy atom. The van der Waals surface area contributed by atoms with Crippen LogP contribution in [0.15, 0.2) is 36.4 Å². The van der Waals surface area contributed by atoms with Crippen molar-refractivity contribution in [3.63, 3.8) is 0 Å². The second-order valence-corrected chi connectivity index (χ2v) is 4.26. The van der Waals surface area contributed by atoms with Crippen LogP contribution in [0.4, 0.5) is 10.3 Å². The van der Waals surface area contributed by atoms with Gasteiger partial charge in [-0.2, -0.15) is 15.0 Å². The molecule has 0 atom stereocenters. The summed E-state index contributed by atoms with van der Waals surface area (Å²) in [7, 11) is 0. The average molecular weight is 275 g/mol. The van der Waals surface area contributed by atoms with Crippen LogP contribution in [0.1, 0.15) is 0 Å². The molecule has 0 aliphatic heterocycles. The lowest BCUT2D eigenvalue weighted by Gasteiger charge is -2.06. The van der Waals surface area contributed by atoms with Gasteiger partial charge >= 0.3 is 0 Å². The van der Waals surface area contributed by atoms with Crippen LogP contribution in [0.5, 0.6) is 0 Å². The summed E-state index contributed by atoms with van der Waals surface area (Å²) in [5.74, 6) is 0.0598. The Morgan fingerprint density at radius 2 is 1.68 bits per heavy atom. The summed E-state index contributed by atoms with van der Waals surface area (Å²) in [6.07, 6.45) is 0. The lowest BCUT2D eigenvalue weighted by atomic mass is 10.0. The van der Waals surface area contributed by atoms with E-state index in [9.17, 15) is 4.39 Å². The summed E-state index contributed by atoms with van der Waals surface area (Å²) in [5.41, 5.74) is 6.21. The molecule has 3 aromatic rings. The summed E-state index contributed by atoms with van der Waals surface area (Å²) < 4.78 is 13.7. The number of benzene rings is 2. The molecule has 2 N–H and O–H groups in total. The fourth-order valence-electron chi connectivity index (χ4n) is 1.94. The third kappa shape index (κ3) is 2.08. The number of rotatable bonds is 1. The second-order valence-electron chi connectivity index (χ2n) is 3.93. The Bertz CT molecular complexity index is 755. The van der Waals surface area contributed by atoms with Gasteiger partial charge in [0, 0.05) is 10.9 Å². The lowest BCUT2D eigenvalue weighted by molar-refractivity contribution is 0.640. The maximum atomic E-state index is 13.7. The predicted molar refractivity (Wildman–Crippen MR) is 72.1 cm³/mol. The molecule has 0 radical (unpaired) electrons. The molecular weight excluding hydrogens is 267 g/mol. The number of nitrogens with zero attached hydrogens (tertiary/aromatic N) is 3. The molecule has 94 valence electrons. The minimum Gasteiger partial charge on any atom is -0.368 e. The van der Waals surface area contributed by atoms with E-state index in [4.69, 9.17) is 17.3 Å². The Kier molecular flexibility index (Phi) is 2.76. The van der Waals surface area contributed by atoms with Crippen LogP contribution in [-0.2, 0) is 0 Å². The van der Waals surface area contributed by atoms with Crippen LogP contribution in [0.2, 0.25) is 5.28 Å². The second kappa shape index (κ2) is 4.44. The van der Waals surface area contributed by atoms with Gasteiger partial charge in [0.2, 0.25) is 11.2 Å². The van der Waals surface area contributed by atoms with E-state index in [1.165, 1.54) is 6.07 Å². The van der Waals surface area contributed by atoms with Crippen LogP contribution < -0.4 is 5.73 Å². The zero-order chi connectivity index (χ0) is 13.4. The first kappa shape index (κ1) is 11.8. The van der Waals surface area contributed by atoms with Crippen molar-refractivity contribution in [1.82, 2.24) is 15.0 Å². The van der Waals surface area contributed by atoms with E-state index < -0.39 is 0 Å². The Labute approximate surface area is 113 Å². The average Bonchev–Trinajstić information content (AvgIpc) is 2.38. The van der Waals surface area contributed by atoms with Gasteiger partial charge in [-0.25, -0.2) is 4.39 Å². The van der Waals surface area contributed by atoms with Crippen LogP contribution in [0.3, 0.4) is 0 Å². The van der Waals surface area contributed by atoms with E-state index in [0.29, 0.717) is 22.2 Å². The van der Waals surface area contributed by atoms with Gasteiger partial charge < -0.3 is 5.73 Å². The van der Waals surface area contributed by atoms with Crippen LogP contribution >= 0.6 is 11.6 Å². The van der Waals surface area contributed by atoms with Crippen LogP contribution in [0.25, 0.3) is 22.2 Å². The molecule has 0 amide bonds. The summed E-state index contributed by atoms with van der Waals surface area (Å²) in [4.78, 5) is 11.8. The first-order valence-electron chi connectivity index (χ1n) is 5.50. The van der Waals surface area contributed by atoms with Crippen molar-refractivity contribution in [2.75, 3.05) is 5.73 Å². The zero-order valence-corrected chi connectivity index (χ0v) is 10.4. The normalized spacial score (nSPS) is 10.8. The van der Waals surface area contributed by atoms with Crippen LogP contribution in [0, 0.1) is 5.82 Å². The predicted octanol–water partition coefficient (Wildman–Crippen LogP) is 3.07. The van der Waals surface area contributed by atoms with Gasteiger partial charge in [-0.3, -0.25) is 0 Å². The number of hydrogen-bond acceptors (Lipinski definition) is 4. The summed E-state index contributed by atoms with van der Waals surface area (Å²) >= 11 is 5.77. The number of anilines is 1. The molecule has 0 saturated heterocycles. The fraction of sp³-hybridized carbons (Fsp3) is 0. The van der Waals surface area contributed by atoms with Gasteiger partial charge in [0.1, 0.15) is 5.82 Å². The molecule has 0 aliphatic carbocycles. The summed E-state index contributed by atoms with van der Waals surface area (Å²) in [6.45, 7) is 0. The Morgan fingerprint density at radius 1 is 0.947 bits per heavy atom. The highest BCUT2D eigenvalue weighted by Gasteiger charge is 2.11. The lowest BCUT2D eigenvalue weighted by Crippen LogP contribution is -2.00. The SMILES string of the molecule is Nc1nc(Cl)nc(-c2ccc(F)c3ccccc23)n1. The Balaban J connectivity index is 2.34. The third-order valence-corrected chi connectivity index (χ3v) is 2.91. The van der Waals surface area contributed by atoms with Gasteiger partial charge in [0.15, 0.2) is 5.82 Å². The Hall–Kier alpha value is -2.27. The molecule has 2 aromatic carbocycles. The highest BCUT2D eigenvalue weighted by atomic mass is 35.5. The van der Waals surface area contributed by atoms with Crippen LogP contribution in [-0.4, -0.2) is 15.0 Å². The van der Waals surface area contributed by atoms with E-state index in [-0.39, 0.29) is 17.0 Å². The zero-order valence-electron chi connectivity index (χ0n) is 9.64. The first-order chi connectivity index (χ1) is 9.15. The third-order valence-electron chi connectivity index (χ3n) is 2.74. The van der Waals surface area contributed by atoms with Crippen molar-refractivity contribution in [3.05, 3.63) is 47.5 Å². The van der Waals surface area contributed by atoms with Crippen molar-refractivity contribution < 1.29 is 4.39 Å². The van der Waals surface area contributed by atoms with Crippen molar-refractivity contribution >= 4 is 28.3 Å². The van der Waals surface area contributed by atoms with E-state index >= 15 is 0 Å². The van der Waals surface area contributed by atoms with Crippen molar-refractivity contribution in [3.8, 4) is 11.4 Å².